The SMILES string of the molecule is Cc1cc(Cl)ccc1NC(=O)COC(=O)CCSc1ccc(F)cc1. The van der Waals surface area contributed by atoms with Crippen molar-refractivity contribution in [2.75, 3.05) is 17.7 Å². The summed E-state index contributed by atoms with van der Waals surface area (Å²) in [5, 5.41) is 3.25. The molecule has 0 heterocycles. The van der Waals surface area contributed by atoms with E-state index in [1.165, 1.54) is 23.9 Å². The average Bonchev–Trinajstić information content (AvgIpc) is 2.57. The fourth-order valence-corrected chi connectivity index (χ4v) is 3.01. The Labute approximate surface area is 154 Å². The van der Waals surface area contributed by atoms with Crippen LogP contribution in [0.2, 0.25) is 5.02 Å². The van der Waals surface area contributed by atoms with Gasteiger partial charge in [0.1, 0.15) is 5.82 Å². The second-order valence-electron chi connectivity index (χ2n) is 5.22. The zero-order valence-corrected chi connectivity index (χ0v) is 15.1. The fraction of sp³-hybridized carbons (Fsp3) is 0.222. The Morgan fingerprint density at radius 2 is 1.92 bits per heavy atom. The van der Waals surface area contributed by atoms with Crippen molar-refractivity contribution in [2.45, 2.75) is 18.2 Å². The van der Waals surface area contributed by atoms with Gasteiger partial charge in [0.15, 0.2) is 6.61 Å². The first kappa shape index (κ1) is 19.3. The molecule has 0 saturated carbocycles. The second-order valence-corrected chi connectivity index (χ2v) is 6.83. The van der Waals surface area contributed by atoms with E-state index in [0.717, 1.165) is 10.5 Å². The Kier molecular flexibility index (Phi) is 7.28. The number of rotatable bonds is 7. The fourth-order valence-electron chi connectivity index (χ4n) is 1.95. The third kappa shape index (κ3) is 6.76. The summed E-state index contributed by atoms with van der Waals surface area (Å²) >= 11 is 7.27. The molecule has 2 rings (SSSR count). The number of benzene rings is 2. The highest BCUT2D eigenvalue weighted by atomic mass is 35.5. The monoisotopic (exact) mass is 381 g/mol. The van der Waals surface area contributed by atoms with E-state index in [1.807, 2.05) is 6.92 Å². The number of carbonyl (C=O) groups is 2. The first-order chi connectivity index (χ1) is 11.9. The zero-order valence-electron chi connectivity index (χ0n) is 13.6. The number of aryl methyl sites for hydroxylation is 1. The normalized spacial score (nSPS) is 10.4. The molecule has 0 fully saturated rings. The molecule has 132 valence electrons. The Morgan fingerprint density at radius 1 is 1.20 bits per heavy atom. The molecule has 25 heavy (non-hydrogen) atoms. The highest BCUT2D eigenvalue weighted by Crippen LogP contribution is 2.20. The van der Waals surface area contributed by atoms with Crippen LogP contribution in [0.3, 0.4) is 0 Å². The molecule has 0 spiro atoms. The quantitative estimate of drug-likeness (QED) is 0.568. The van der Waals surface area contributed by atoms with Crippen LogP contribution in [0.25, 0.3) is 0 Å². The Morgan fingerprint density at radius 3 is 2.60 bits per heavy atom. The summed E-state index contributed by atoms with van der Waals surface area (Å²) in [5.41, 5.74) is 1.44. The molecule has 4 nitrogen and oxygen atoms in total. The smallest absolute Gasteiger partial charge is 0.307 e. The van der Waals surface area contributed by atoms with Gasteiger partial charge in [0, 0.05) is 21.4 Å². The summed E-state index contributed by atoms with van der Waals surface area (Å²) in [7, 11) is 0. The van der Waals surface area contributed by atoms with Gasteiger partial charge in [0.2, 0.25) is 0 Å². The van der Waals surface area contributed by atoms with E-state index in [4.69, 9.17) is 16.3 Å². The van der Waals surface area contributed by atoms with Gasteiger partial charge in [-0.3, -0.25) is 9.59 Å². The molecule has 0 bridgehead atoms. The van der Waals surface area contributed by atoms with Crippen LogP contribution < -0.4 is 5.32 Å². The Bertz CT molecular complexity index is 752. The molecule has 1 N–H and O–H groups in total. The second kappa shape index (κ2) is 9.44. The minimum absolute atomic E-state index is 0.162. The highest BCUT2D eigenvalue weighted by molar-refractivity contribution is 7.99. The zero-order chi connectivity index (χ0) is 18.2. The molecule has 0 aliphatic heterocycles. The van der Waals surface area contributed by atoms with E-state index in [0.29, 0.717) is 16.5 Å². The molecule has 2 aromatic carbocycles. The molecule has 0 aromatic heterocycles. The molecule has 0 radical (unpaired) electrons. The summed E-state index contributed by atoms with van der Waals surface area (Å²) in [6.45, 7) is 1.47. The Balaban J connectivity index is 1.68. The van der Waals surface area contributed by atoms with Gasteiger partial charge >= 0.3 is 5.97 Å². The van der Waals surface area contributed by atoms with Gasteiger partial charge in [-0.1, -0.05) is 11.6 Å². The van der Waals surface area contributed by atoms with Crippen molar-refractivity contribution in [3.63, 3.8) is 0 Å². The number of hydrogen-bond acceptors (Lipinski definition) is 4. The molecular formula is C18H17ClFNO3S. The Hall–Kier alpha value is -2.05. The summed E-state index contributed by atoms with van der Waals surface area (Å²) in [5.74, 6) is -0.684. The molecule has 2 aromatic rings. The third-order valence-electron chi connectivity index (χ3n) is 3.22. The van der Waals surface area contributed by atoms with Crippen molar-refractivity contribution in [1.82, 2.24) is 0 Å². The number of anilines is 1. The third-order valence-corrected chi connectivity index (χ3v) is 4.46. The number of hydrogen-bond donors (Lipinski definition) is 1. The van der Waals surface area contributed by atoms with E-state index in [-0.39, 0.29) is 18.8 Å². The predicted octanol–water partition coefficient (Wildman–Crippen LogP) is 4.45. The summed E-state index contributed by atoms with van der Waals surface area (Å²) in [4.78, 5) is 24.3. The first-order valence-electron chi connectivity index (χ1n) is 7.54. The molecule has 0 unspecified atom stereocenters. The van der Waals surface area contributed by atoms with Crippen LogP contribution in [0.5, 0.6) is 0 Å². The maximum absolute atomic E-state index is 12.8. The maximum atomic E-state index is 12.8. The maximum Gasteiger partial charge on any atom is 0.307 e. The van der Waals surface area contributed by atoms with Crippen molar-refractivity contribution >= 4 is 40.9 Å². The van der Waals surface area contributed by atoms with Gasteiger partial charge in [0.05, 0.1) is 6.42 Å². The van der Waals surface area contributed by atoms with Crippen molar-refractivity contribution < 1.29 is 18.7 Å². The molecule has 0 atom stereocenters. The number of ether oxygens (including phenoxy) is 1. The average molecular weight is 382 g/mol. The number of halogens is 2. The van der Waals surface area contributed by atoms with Crippen molar-refractivity contribution in [3.8, 4) is 0 Å². The minimum atomic E-state index is -0.461. The van der Waals surface area contributed by atoms with Crippen molar-refractivity contribution in [2.24, 2.45) is 0 Å². The summed E-state index contributed by atoms with van der Waals surface area (Å²) in [6, 6.07) is 11.1. The van der Waals surface area contributed by atoms with Crippen LogP contribution >= 0.6 is 23.4 Å². The topological polar surface area (TPSA) is 55.4 Å². The van der Waals surface area contributed by atoms with E-state index >= 15 is 0 Å². The van der Waals surface area contributed by atoms with Gasteiger partial charge in [-0.05, 0) is 55.0 Å². The lowest BCUT2D eigenvalue weighted by Gasteiger charge is -2.09. The van der Waals surface area contributed by atoms with Gasteiger partial charge < -0.3 is 10.1 Å². The standard InChI is InChI=1S/C18H17ClFNO3S/c1-12-10-13(19)2-7-16(12)21-17(22)11-24-18(23)8-9-25-15-5-3-14(20)4-6-15/h2-7,10H,8-9,11H2,1H3,(H,21,22). The number of amides is 1. The lowest BCUT2D eigenvalue weighted by Crippen LogP contribution is -2.21. The van der Waals surface area contributed by atoms with Crippen LogP contribution in [-0.2, 0) is 14.3 Å². The molecule has 1 amide bonds. The number of esters is 1. The van der Waals surface area contributed by atoms with E-state index in [9.17, 15) is 14.0 Å². The highest BCUT2D eigenvalue weighted by Gasteiger charge is 2.09. The number of nitrogens with one attached hydrogen (secondary N) is 1. The summed E-state index contributed by atoms with van der Waals surface area (Å²) < 4.78 is 17.7. The first-order valence-corrected chi connectivity index (χ1v) is 8.90. The van der Waals surface area contributed by atoms with Crippen molar-refractivity contribution in [1.29, 1.82) is 0 Å². The van der Waals surface area contributed by atoms with Gasteiger partial charge in [-0.2, -0.15) is 0 Å². The van der Waals surface area contributed by atoms with Crippen LogP contribution in [0, 0.1) is 12.7 Å². The summed E-state index contributed by atoms with van der Waals surface area (Å²) in [6.07, 6.45) is 0.162. The van der Waals surface area contributed by atoms with Crippen LogP contribution in [0.15, 0.2) is 47.4 Å². The van der Waals surface area contributed by atoms with Gasteiger partial charge in [-0.15, -0.1) is 11.8 Å². The molecule has 0 aliphatic rings. The van der Waals surface area contributed by atoms with Crippen LogP contribution in [0.4, 0.5) is 10.1 Å². The minimum Gasteiger partial charge on any atom is -0.456 e. The van der Waals surface area contributed by atoms with E-state index in [2.05, 4.69) is 5.32 Å². The van der Waals surface area contributed by atoms with Crippen molar-refractivity contribution in [3.05, 3.63) is 58.9 Å². The molecule has 7 heteroatoms. The lowest BCUT2D eigenvalue weighted by molar-refractivity contribution is -0.146. The van der Waals surface area contributed by atoms with Crippen LogP contribution in [0.1, 0.15) is 12.0 Å². The number of thioether (sulfide) groups is 1. The van der Waals surface area contributed by atoms with Gasteiger partial charge in [-0.25, -0.2) is 4.39 Å². The molecular weight excluding hydrogens is 365 g/mol. The largest absolute Gasteiger partial charge is 0.456 e. The van der Waals surface area contributed by atoms with Crippen LogP contribution in [-0.4, -0.2) is 24.2 Å². The molecule has 0 aliphatic carbocycles. The number of carbonyl (C=O) groups excluding carboxylic acids is 2. The van der Waals surface area contributed by atoms with E-state index < -0.39 is 11.9 Å². The van der Waals surface area contributed by atoms with Gasteiger partial charge in [0.25, 0.3) is 5.91 Å². The molecule has 0 saturated heterocycles. The lowest BCUT2D eigenvalue weighted by atomic mass is 10.2. The predicted molar refractivity (Wildman–Crippen MR) is 97.5 cm³/mol. The van der Waals surface area contributed by atoms with E-state index in [1.54, 1.807) is 30.3 Å².